The van der Waals surface area contributed by atoms with Crippen LogP contribution in [0, 0.1) is 5.82 Å². The number of hydrogen-bond acceptors (Lipinski definition) is 3. The van der Waals surface area contributed by atoms with E-state index < -0.39 is 33.2 Å². The fourth-order valence-electron chi connectivity index (χ4n) is 4.36. The van der Waals surface area contributed by atoms with Gasteiger partial charge in [0.2, 0.25) is 0 Å². The molecule has 4 aromatic rings. The average molecular weight is 667 g/mol. The maximum atomic E-state index is 14.7. The zero-order valence-electron chi connectivity index (χ0n) is 21.0. The van der Waals surface area contributed by atoms with E-state index in [4.69, 9.17) is 4.74 Å². The van der Waals surface area contributed by atoms with E-state index in [1.807, 2.05) is 0 Å². The zero-order chi connectivity index (χ0) is 29.0. The summed E-state index contributed by atoms with van der Waals surface area (Å²) in [6, 6.07) is 25.6. The van der Waals surface area contributed by atoms with Crippen LogP contribution in [0.1, 0.15) is 34.0 Å². The van der Waals surface area contributed by atoms with Crippen LogP contribution in [0.15, 0.2) is 103 Å². The van der Waals surface area contributed by atoms with E-state index in [1.54, 1.807) is 42.5 Å². The number of alkyl halides is 5. The number of halogens is 6. The Morgan fingerprint density at radius 3 is 1.88 bits per heavy atom. The predicted molar refractivity (Wildman–Crippen MR) is 149 cm³/mol. The van der Waals surface area contributed by atoms with E-state index >= 15 is 0 Å². The number of amides is 1. The van der Waals surface area contributed by atoms with Crippen LogP contribution in [0.5, 0.6) is 11.5 Å². The number of rotatable bonds is 9. The topological polar surface area (TPSA) is 47.6 Å². The molecule has 4 nitrogen and oxygen atoms in total. The van der Waals surface area contributed by atoms with Crippen molar-refractivity contribution in [1.82, 2.24) is 5.32 Å². The van der Waals surface area contributed by atoms with Gasteiger partial charge in [-0.3, -0.25) is 4.79 Å². The maximum Gasteiger partial charge on any atom is 0.573 e. The summed E-state index contributed by atoms with van der Waals surface area (Å²) in [4.78, 5) is 13.6. The van der Waals surface area contributed by atoms with Crippen LogP contribution in [0.3, 0.4) is 0 Å². The molecule has 1 N–H and O–H groups in total. The van der Waals surface area contributed by atoms with Gasteiger partial charge in [0.25, 0.3) is 9.77 Å². The Balaban J connectivity index is 1.96. The van der Waals surface area contributed by atoms with Crippen molar-refractivity contribution >= 4 is 28.5 Å². The molecule has 0 aromatic heterocycles. The van der Waals surface area contributed by atoms with Crippen molar-refractivity contribution in [3.63, 3.8) is 0 Å². The largest absolute Gasteiger partial charge is 0.573 e. The molecule has 10 heteroatoms. The fraction of sp³-hybridized carbons (Fsp3) is 0.167. The molecule has 2 atom stereocenters. The third kappa shape index (κ3) is 7.50. The van der Waals surface area contributed by atoms with Crippen molar-refractivity contribution in [2.24, 2.45) is 0 Å². The number of ether oxygens (including phenoxy) is 2. The SMILES string of the molecule is CC(F)(I)Oc1cccc(C(Cc2ccccc2)(NC(=O)c2ccccc2F)c2cccc(OC(F)(F)F)c2)c1. The van der Waals surface area contributed by atoms with Crippen LogP contribution in [0.25, 0.3) is 0 Å². The van der Waals surface area contributed by atoms with Gasteiger partial charge in [-0.2, -0.15) is 4.39 Å². The van der Waals surface area contributed by atoms with E-state index in [0.717, 1.165) is 18.2 Å². The molecule has 4 aromatic carbocycles. The van der Waals surface area contributed by atoms with Crippen LogP contribution in [-0.2, 0) is 12.0 Å². The quantitative estimate of drug-likeness (QED) is 0.112. The second kappa shape index (κ2) is 11.8. The van der Waals surface area contributed by atoms with Crippen LogP contribution in [0.2, 0.25) is 0 Å². The normalized spacial score (nSPS) is 14.5. The lowest BCUT2D eigenvalue weighted by atomic mass is 9.77. The van der Waals surface area contributed by atoms with E-state index in [9.17, 15) is 26.7 Å². The van der Waals surface area contributed by atoms with Gasteiger partial charge in [-0.1, -0.05) is 66.7 Å². The molecule has 0 spiro atoms. The van der Waals surface area contributed by atoms with Gasteiger partial charge in [0, 0.05) is 35.9 Å². The zero-order valence-corrected chi connectivity index (χ0v) is 23.2. The summed E-state index contributed by atoms with van der Waals surface area (Å²) >= 11 is 1.47. The van der Waals surface area contributed by atoms with E-state index in [2.05, 4.69) is 10.1 Å². The number of carbonyl (C=O) groups is 1. The number of carbonyl (C=O) groups excluding carboxylic acids is 1. The molecule has 0 aliphatic rings. The highest BCUT2D eigenvalue weighted by molar-refractivity contribution is 14.1. The molecule has 0 saturated heterocycles. The molecular formula is C30H23F5INO3. The minimum absolute atomic E-state index is 0.0318. The van der Waals surface area contributed by atoms with Gasteiger partial charge in [0.15, 0.2) is 0 Å². The highest BCUT2D eigenvalue weighted by Gasteiger charge is 2.39. The summed E-state index contributed by atoms with van der Waals surface area (Å²) in [5.74, 6) is -2.00. The summed E-state index contributed by atoms with van der Waals surface area (Å²) < 4.78 is 76.0. The first-order valence-electron chi connectivity index (χ1n) is 12.0. The number of hydrogen-bond donors (Lipinski definition) is 1. The van der Waals surface area contributed by atoms with Crippen molar-refractivity contribution in [3.8, 4) is 11.5 Å². The van der Waals surface area contributed by atoms with Gasteiger partial charge in [-0.05, 0) is 53.1 Å². The Labute approximate surface area is 241 Å². The fourth-order valence-corrected chi connectivity index (χ4v) is 4.61. The Bertz CT molecular complexity index is 1410. The molecule has 4 rings (SSSR count). The lowest BCUT2D eigenvalue weighted by Gasteiger charge is -2.37. The third-order valence-electron chi connectivity index (χ3n) is 5.94. The van der Waals surface area contributed by atoms with Gasteiger partial charge in [0.05, 0.1) is 11.1 Å². The molecule has 1 amide bonds. The van der Waals surface area contributed by atoms with Gasteiger partial charge in [0.1, 0.15) is 17.3 Å². The lowest BCUT2D eigenvalue weighted by Crippen LogP contribution is -2.49. The summed E-state index contributed by atoms with van der Waals surface area (Å²) in [5, 5.41) is 2.88. The minimum atomic E-state index is -4.96. The van der Waals surface area contributed by atoms with Crippen LogP contribution < -0.4 is 14.8 Å². The molecule has 0 fully saturated rings. The predicted octanol–water partition coefficient (Wildman–Crippen LogP) is 8.10. The standard InChI is InChI=1S/C30H23F5INO3/c1-28(32,36)39-23-13-7-11-21(17-23)29(19-20-9-3-2-4-10-20,37-27(38)25-15-5-6-16-26(25)31)22-12-8-14-24(18-22)40-30(33,34)35/h2-18H,19H2,1H3,(H,37,38). The molecule has 0 heterocycles. The minimum Gasteiger partial charge on any atom is -0.450 e. The van der Waals surface area contributed by atoms with Crippen molar-refractivity contribution < 1.29 is 36.2 Å². The number of nitrogens with one attached hydrogen (secondary N) is 1. The molecule has 208 valence electrons. The second-order valence-corrected chi connectivity index (χ2v) is 10.9. The van der Waals surface area contributed by atoms with Crippen LogP contribution in [-0.4, -0.2) is 16.1 Å². The molecule has 0 radical (unpaired) electrons. The van der Waals surface area contributed by atoms with Crippen LogP contribution in [0.4, 0.5) is 22.0 Å². The molecular weight excluding hydrogens is 644 g/mol. The molecule has 0 bridgehead atoms. The van der Waals surface area contributed by atoms with E-state index in [0.29, 0.717) is 11.1 Å². The van der Waals surface area contributed by atoms with Gasteiger partial charge in [-0.25, -0.2) is 4.39 Å². The van der Waals surface area contributed by atoms with Gasteiger partial charge in [-0.15, -0.1) is 13.2 Å². The Kier molecular flexibility index (Phi) is 8.67. The summed E-state index contributed by atoms with van der Waals surface area (Å²) in [5.41, 5.74) is -0.586. The van der Waals surface area contributed by atoms with E-state index in [1.165, 1.54) is 72.0 Å². The Morgan fingerprint density at radius 1 is 0.775 bits per heavy atom. The first kappa shape index (κ1) is 29.3. The van der Waals surface area contributed by atoms with E-state index in [-0.39, 0.29) is 23.3 Å². The Hall–Kier alpha value is -3.67. The van der Waals surface area contributed by atoms with Gasteiger partial charge >= 0.3 is 6.36 Å². The first-order chi connectivity index (χ1) is 18.8. The molecule has 0 saturated carbocycles. The highest BCUT2D eigenvalue weighted by atomic mass is 127. The Morgan fingerprint density at radius 2 is 1.32 bits per heavy atom. The average Bonchev–Trinajstić information content (AvgIpc) is 2.87. The van der Waals surface area contributed by atoms with Gasteiger partial charge < -0.3 is 14.8 Å². The van der Waals surface area contributed by atoms with Crippen molar-refractivity contribution in [1.29, 1.82) is 0 Å². The highest BCUT2D eigenvalue weighted by Crippen LogP contribution is 2.39. The van der Waals surface area contributed by atoms with Crippen molar-refractivity contribution in [2.75, 3.05) is 0 Å². The second-order valence-electron chi connectivity index (χ2n) is 9.02. The van der Waals surface area contributed by atoms with Crippen molar-refractivity contribution in [2.45, 2.75) is 29.1 Å². The molecule has 2 unspecified atom stereocenters. The monoisotopic (exact) mass is 667 g/mol. The summed E-state index contributed by atoms with van der Waals surface area (Å²) in [7, 11) is 0. The summed E-state index contributed by atoms with van der Waals surface area (Å²) in [6.07, 6.45) is -4.93. The molecule has 0 aliphatic carbocycles. The van der Waals surface area contributed by atoms with Crippen molar-refractivity contribution in [3.05, 3.63) is 131 Å². The lowest BCUT2D eigenvalue weighted by molar-refractivity contribution is -0.274. The smallest absolute Gasteiger partial charge is 0.450 e. The third-order valence-corrected chi connectivity index (χ3v) is 6.16. The van der Waals surface area contributed by atoms with Crippen LogP contribution >= 0.6 is 22.6 Å². The summed E-state index contributed by atoms with van der Waals surface area (Å²) in [6.45, 7) is 1.20. The molecule has 40 heavy (non-hydrogen) atoms. The first-order valence-corrected chi connectivity index (χ1v) is 13.1. The number of benzene rings is 4. The molecule has 0 aliphatic heterocycles. The maximum absolute atomic E-state index is 14.7.